The van der Waals surface area contributed by atoms with Crippen LogP contribution >= 0.6 is 0 Å². The van der Waals surface area contributed by atoms with Crippen LogP contribution < -0.4 is 5.32 Å². The van der Waals surface area contributed by atoms with Crippen LogP contribution in [0.2, 0.25) is 0 Å². The van der Waals surface area contributed by atoms with Gasteiger partial charge >= 0.3 is 6.03 Å². The summed E-state index contributed by atoms with van der Waals surface area (Å²) < 4.78 is 0. The van der Waals surface area contributed by atoms with Gasteiger partial charge in [-0.1, -0.05) is 20.3 Å². The molecule has 0 aromatic heterocycles. The van der Waals surface area contributed by atoms with Crippen molar-refractivity contribution in [1.29, 1.82) is 0 Å². The first-order chi connectivity index (χ1) is 8.04. The number of rotatable bonds is 4. The van der Waals surface area contributed by atoms with E-state index in [9.17, 15) is 14.4 Å². The van der Waals surface area contributed by atoms with Crippen LogP contribution in [-0.4, -0.2) is 29.3 Å². The van der Waals surface area contributed by atoms with Gasteiger partial charge in [0.05, 0.1) is 0 Å². The van der Waals surface area contributed by atoms with Crippen molar-refractivity contribution < 1.29 is 14.4 Å². The Morgan fingerprint density at radius 2 is 2.00 bits per heavy atom. The second-order valence-electron chi connectivity index (χ2n) is 5.06. The third kappa shape index (κ3) is 2.33. The molecule has 1 aliphatic carbocycles. The number of urea groups is 1. The number of imide groups is 2. The first kappa shape index (κ1) is 12.1. The minimum absolute atomic E-state index is 0.320. The van der Waals surface area contributed by atoms with Crippen molar-refractivity contribution in [3.8, 4) is 0 Å². The molecule has 0 radical (unpaired) electrons. The molecule has 3 unspecified atom stereocenters. The molecule has 2 aliphatic rings. The molecule has 0 aromatic rings. The maximum absolute atomic E-state index is 12.1. The molecule has 94 valence electrons. The van der Waals surface area contributed by atoms with E-state index in [1.54, 1.807) is 0 Å². The number of hydrogen-bond donors (Lipinski definition) is 1. The lowest BCUT2D eigenvalue weighted by Crippen LogP contribution is -2.58. The summed E-state index contributed by atoms with van der Waals surface area (Å²) in [6.07, 6.45) is 2.32. The van der Waals surface area contributed by atoms with Gasteiger partial charge in [0.15, 0.2) is 0 Å². The van der Waals surface area contributed by atoms with Crippen molar-refractivity contribution >= 4 is 17.8 Å². The maximum Gasteiger partial charge on any atom is 0.330 e. The molecule has 17 heavy (non-hydrogen) atoms. The van der Waals surface area contributed by atoms with Crippen molar-refractivity contribution in [3.63, 3.8) is 0 Å². The highest BCUT2D eigenvalue weighted by atomic mass is 16.2. The zero-order chi connectivity index (χ0) is 12.6. The Morgan fingerprint density at radius 3 is 2.53 bits per heavy atom. The van der Waals surface area contributed by atoms with Crippen LogP contribution in [-0.2, 0) is 9.59 Å². The molecule has 0 spiro atoms. The maximum atomic E-state index is 12.1. The summed E-state index contributed by atoms with van der Waals surface area (Å²) in [6.45, 7) is 4.48. The fraction of sp³-hybridized carbons (Fsp3) is 0.750. The van der Waals surface area contributed by atoms with Gasteiger partial charge in [0.2, 0.25) is 11.8 Å². The first-order valence-corrected chi connectivity index (χ1v) is 6.20. The largest absolute Gasteiger partial charge is 0.330 e. The second-order valence-corrected chi connectivity index (χ2v) is 5.06. The second kappa shape index (κ2) is 4.47. The van der Waals surface area contributed by atoms with Crippen LogP contribution in [0.5, 0.6) is 0 Å². The Kier molecular flexibility index (Phi) is 3.17. The van der Waals surface area contributed by atoms with Gasteiger partial charge in [0.1, 0.15) is 5.92 Å². The average molecular weight is 238 g/mol. The summed E-state index contributed by atoms with van der Waals surface area (Å²) in [5.74, 6) is -0.438. The Morgan fingerprint density at radius 1 is 1.35 bits per heavy atom. The van der Waals surface area contributed by atoms with Crippen molar-refractivity contribution in [2.45, 2.75) is 33.1 Å². The molecule has 0 aromatic carbocycles. The average Bonchev–Trinajstić information content (AvgIpc) is 2.95. The predicted octanol–water partition coefficient (Wildman–Crippen LogP) is 1.14. The molecule has 2 rings (SSSR count). The lowest BCUT2D eigenvalue weighted by Gasteiger charge is -2.30. The first-order valence-electron chi connectivity index (χ1n) is 6.20. The molecule has 4 amide bonds. The van der Waals surface area contributed by atoms with Crippen molar-refractivity contribution in [3.05, 3.63) is 0 Å². The van der Waals surface area contributed by atoms with Crippen LogP contribution in [0.15, 0.2) is 0 Å². The van der Waals surface area contributed by atoms with Crippen molar-refractivity contribution in [1.82, 2.24) is 10.2 Å². The van der Waals surface area contributed by atoms with Gasteiger partial charge in [-0.15, -0.1) is 0 Å². The van der Waals surface area contributed by atoms with Gasteiger partial charge in [-0.25, -0.2) is 4.79 Å². The van der Waals surface area contributed by atoms with E-state index in [0.717, 1.165) is 12.8 Å². The highest BCUT2D eigenvalue weighted by Crippen LogP contribution is 2.38. The highest BCUT2D eigenvalue weighted by molar-refractivity contribution is 6.16. The summed E-state index contributed by atoms with van der Waals surface area (Å²) in [4.78, 5) is 36.4. The normalized spacial score (nSPS) is 32.7. The molecule has 5 heteroatoms. The van der Waals surface area contributed by atoms with E-state index in [2.05, 4.69) is 12.2 Å². The lowest BCUT2D eigenvalue weighted by molar-refractivity contribution is -0.143. The number of hydrogen-bond acceptors (Lipinski definition) is 3. The molecular formula is C12H18N2O3. The molecule has 3 atom stereocenters. The van der Waals surface area contributed by atoms with E-state index in [1.165, 1.54) is 4.90 Å². The molecule has 1 N–H and O–H groups in total. The molecule has 5 nitrogen and oxygen atoms in total. The van der Waals surface area contributed by atoms with Gasteiger partial charge in [-0.2, -0.15) is 0 Å². The third-order valence-corrected chi connectivity index (χ3v) is 3.63. The van der Waals surface area contributed by atoms with Gasteiger partial charge in [-0.05, 0) is 24.7 Å². The van der Waals surface area contributed by atoms with Gasteiger partial charge in [0, 0.05) is 6.54 Å². The van der Waals surface area contributed by atoms with E-state index in [4.69, 9.17) is 0 Å². The van der Waals surface area contributed by atoms with E-state index in [1.807, 2.05) is 6.92 Å². The van der Waals surface area contributed by atoms with E-state index in [-0.39, 0.29) is 5.91 Å². The molecule has 2 fully saturated rings. The topological polar surface area (TPSA) is 66.5 Å². The van der Waals surface area contributed by atoms with Crippen molar-refractivity contribution in [2.24, 2.45) is 17.8 Å². The minimum Gasteiger partial charge on any atom is -0.277 e. The van der Waals surface area contributed by atoms with E-state index in [0.29, 0.717) is 24.8 Å². The van der Waals surface area contributed by atoms with Crippen LogP contribution in [0.1, 0.15) is 33.1 Å². The Labute approximate surface area is 101 Å². The standard InChI is InChI=1S/C12H18N2O3/c1-3-4-9-10(15)13-12(17)14(11(9)16)6-8-5-7(8)2/h7-9H,3-6H2,1-2H3,(H,13,15,17). The van der Waals surface area contributed by atoms with Gasteiger partial charge < -0.3 is 0 Å². The lowest BCUT2D eigenvalue weighted by atomic mass is 9.99. The fourth-order valence-corrected chi connectivity index (χ4v) is 2.26. The zero-order valence-corrected chi connectivity index (χ0v) is 10.2. The molecule has 1 aliphatic heterocycles. The van der Waals surface area contributed by atoms with E-state index < -0.39 is 17.9 Å². The molecule has 0 bridgehead atoms. The Balaban J connectivity index is 2.06. The third-order valence-electron chi connectivity index (χ3n) is 3.63. The van der Waals surface area contributed by atoms with Gasteiger partial charge in [-0.3, -0.25) is 19.8 Å². The van der Waals surface area contributed by atoms with Crippen LogP contribution in [0, 0.1) is 17.8 Å². The van der Waals surface area contributed by atoms with Crippen LogP contribution in [0.25, 0.3) is 0 Å². The number of carbonyl (C=O) groups is 3. The summed E-state index contributed by atoms with van der Waals surface area (Å²) in [6, 6.07) is -0.550. The Bertz CT molecular complexity index is 367. The number of amides is 4. The summed E-state index contributed by atoms with van der Waals surface area (Å²) in [5.41, 5.74) is 0. The highest BCUT2D eigenvalue weighted by Gasteiger charge is 2.43. The number of barbiturate groups is 1. The fourth-order valence-electron chi connectivity index (χ4n) is 2.26. The van der Waals surface area contributed by atoms with Crippen LogP contribution in [0.3, 0.4) is 0 Å². The summed E-state index contributed by atoms with van der Waals surface area (Å²) in [7, 11) is 0. The smallest absolute Gasteiger partial charge is 0.277 e. The quantitative estimate of drug-likeness (QED) is 0.747. The number of carbonyl (C=O) groups excluding carboxylic acids is 3. The van der Waals surface area contributed by atoms with Crippen molar-refractivity contribution in [2.75, 3.05) is 6.54 Å². The SMILES string of the molecule is CCCC1C(=O)NC(=O)N(CC2CC2C)C1=O. The summed E-state index contributed by atoms with van der Waals surface area (Å²) >= 11 is 0. The summed E-state index contributed by atoms with van der Waals surface area (Å²) in [5, 5.41) is 2.27. The predicted molar refractivity (Wildman–Crippen MR) is 60.9 cm³/mol. The number of nitrogens with zero attached hydrogens (tertiary/aromatic N) is 1. The molecule has 1 heterocycles. The molecular weight excluding hydrogens is 220 g/mol. The number of nitrogens with one attached hydrogen (secondary N) is 1. The minimum atomic E-state index is -0.674. The van der Waals surface area contributed by atoms with E-state index >= 15 is 0 Å². The Hall–Kier alpha value is -1.39. The monoisotopic (exact) mass is 238 g/mol. The molecule has 1 saturated heterocycles. The van der Waals surface area contributed by atoms with Crippen LogP contribution in [0.4, 0.5) is 4.79 Å². The molecule has 1 saturated carbocycles. The zero-order valence-electron chi connectivity index (χ0n) is 10.2. The van der Waals surface area contributed by atoms with Gasteiger partial charge in [0.25, 0.3) is 0 Å².